The molecule has 144 valence electrons. The maximum Gasteiger partial charge on any atom is 0.335 e. The molecule has 0 atom stereocenters. The summed E-state index contributed by atoms with van der Waals surface area (Å²) >= 11 is 0. The van der Waals surface area contributed by atoms with Crippen LogP contribution >= 0.6 is 0 Å². The summed E-state index contributed by atoms with van der Waals surface area (Å²) in [7, 11) is 0. The summed E-state index contributed by atoms with van der Waals surface area (Å²) in [4.78, 5) is 22.7. The third-order valence-corrected chi connectivity index (χ3v) is 4.29. The zero-order valence-corrected chi connectivity index (χ0v) is 15.3. The summed E-state index contributed by atoms with van der Waals surface area (Å²) in [6.45, 7) is 0. The van der Waals surface area contributed by atoms with Crippen molar-refractivity contribution in [2.75, 3.05) is 0 Å². The Hall–Kier alpha value is -4.12. The Labute approximate surface area is 167 Å². The molecule has 4 rings (SSSR count). The number of phenolic OH excluding ortho intramolecular Hbond substituents is 2. The quantitative estimate of drug-likeness (QED) is 0.345. The number of hydrogen-bond donors (Lipinski definition) is 3. The molecule has 0 saturated carbocycles. The van der Waals surface area contributed by atoms with Crippen LogP contribution in [-0.2, 0) is 0 Å². The van der Waals surface area contributed by atoms with Gasteiger partial charge in [0, 0.05) is 11.1 Å². The molecule has 0 aromatic heterocycles. The summed E-state index contributed by atoms with van der Waals surface area (Å²) in [5.74, 6) is -1.59. The molecule has 3 N–H and O–H groups in total. The van der Waals surface area contributed by atoms with Crippen molar-refractivity contribution in [3.63, 3.8) is 0 Å². The molecule has 0 amide bonds. The van der Waals surface area contributed by atoms with Crippen LogP contribution in [0.15, 0.2) is 91.0 Å². The van der Waals surface area contributed by atoms with Gasteiger partial charge in [-0.25, -0.2) is 4.79 Å². The Morgan fingerprint density at radius 3 is 1.93 bits per heavy atom. The second-order valence-electron chi connectivity index (χ2n) is 6.23. The molecule has 0 aliphatic rings. The van der Waals surface area contributed by atoms with Crippen LogP contribution < -0.4 is 0 Å². The van der Waals surface area contributed by atoms with Gasteiger partial charge in [0.2, 0.25) is 0 Å². The van der Waals surface area contributed by atoms with Gasteiger partial charge in [-0.05, 0) is 41.1 Å². The molecular weight excluding hydrogens is 368 g/mol. The summed E-state index contributed by atoms with van der Waals surface area (Å²) in [5.41, 5.74) is 1.25. The predicted octanol–water partition coefficient (Wildman–Crippen LogP) is 4.87. The monoisotopic (exact) mass is 386 g/mol. The van der Waals surface area contributed by atoms with E-state index in [1.54, 1.807) is 36.4 Å². The van der Waals surface area contributed by atoms with Crippen LogP contribution in [0, 0.1) is 0 Å². The molecule has 5 nitrogen and oxygen atoms in total. The maximum absolute atomic E-state index is 12.5. The molecule has 0 spiro atoms. The fourth-order valence-electron chi connectivity index (χ4n) is 2.82. The van der Waals surface area contributed by atoms with Crippen LogP contribution in [0.3, 0.4) is 0 Å². The van der Waals surface area contributed by atoms with E-state index in [2.05, 4.69) is 0 Å². The number of carbonyl (C=O) groups is 2. The molecule has 4 aromatic carbocycles. The highest BCUT2D eigenvalue weighted by atomic mass is 16.4. The van der Waals surface area contributed by atoms with Gasteiger partial charge < -0.3 is 15.3 Å². The van der Waals surface area contributed by atoms with E-state index in [1.807, 2.05) is 36.4 Å². The van der Waals surface area contributed by atoms with Crippen molar-refractivity contribution in [2.24, 2.45) is 0 Å². The normalized spacial score (nSPS) is 10.1. The standard InChI is InChI=1S/C17H12O3.C7H6O2/c18-15-9-8-12(10-16(15)19)17(20)14-7-3-5-11-4-1-2-6-13(11)14;8-7(9)6-4-2-1-3-5-6/h1-10,18-19H;1-5H,(H,8,9). The molecule has 0 saturated heterocycles. The van der Waals surface area contributed by atoms with Crippen molar-refractivity contribution in [1.29, 1.82) is 0 Å². The first-order chi connectivity index (χ1) is 14.0. The van der Waals surface area contributed by atoms with Gasteiger partial charge >= 0.3 is 5.97 Å². The Kier molecular flexibility index (Phi) is 5.90. The van der Waals surface area contributed by atoms with Gasteiger partial charge in [0.15, 0.2) is 17.3 Å². The van der Waals surface area contributed by atoms with Gasteiger partial charge in [0.05, 0.1) is 5.56 Å². The van der Waals surface area contributed by atoms with Crippen molar-refractivity contribution < 1.29 is 24.9 Å². The van der Waals surface area contributed by atoms with E-state index in [1.165, 1.54) is 18.2 Å². The highest BCUT2D eigenvalue weighted by molar-refractivity contribution is 6.16. The second-order valence-corrected chi connectivity index (χ2v) is 6.23. The highest BCUT2D eigenvalue weighted by Crippen LogP contribution is 2.27. The number of carboxylic acid groups (broad SMARTS) is 1. The Morgan fingerprint density at radius 1 is 0.621 bits per heavy atom. The van der Waals surface area contributed by atoms with E-state index in [0.717, 1.165) is 10.8 Å². The Balaban J connectivity index is 0.000000224. The molecule has 0 bridgehead atoms. The van der Waals surface area contributed by atoms with Crippen LogP contribution in [-0.4, -0.2) is 27.1 Å². The molecule has 0 heterocycles. The van der Waals surface area contributed by atoms with Crippen LogP contribution in [0.5, 0.6) is 11.5 Å². The highest BCUT2D eigenvalue weighted by Gasteiger charge is 2.13. The zero-order valence-electron chi connectivity index (χ0n) is 15.3. The average Bonchev–Trinajstić information content (AvgIpc) is 2.76. The zero-order chi connectivity index (χ0) is 20.8. The Bertz CT molecular complexity index is 1160. The predicted molar refractivity (Wildman–Crippen MR) is 111 cm³/mol. The molecular formula is C24H18O5. The van der Waals surface area contributed by atoms with Crippen molar-refractivity contribution in [3.05, 3.63) is 108 Å². The number of carbonyl (C=O) groups excluding carboxylic acids is 1. The van der Waals surface area contributed by atoms with Gasteiger partial charge in [-0.2, -0.15) is 0 Å². The van der Waals surface area contributed by atoms with Crippen molar-refractivity contribution in [3.8, 4) is 11.5 Å². The van der Waals surface area contributed by atoms with E-state index < -0.39 is 5.97 Å². The van der Waals surface area contributed by atoms with Gasteiger partial charge in [0.25, 0.3) is 0 Å². The minimum Gasteiger partial charge on any atom is -0.504 e. The number of carboxylic acids is 1. The van der Waals surface area contributed by atoms with Crippen molar-refractivity contribution in [2.45, 2.75) is 0 Å². The number of hydrogen-bond acceptors (Lipinski definition) is 4. The molecule has 4 aromatic rings. The van der Waals surface area contributed by atoms with Gasteiger partial charge in [0.1, 0.15) is 0 Å². The molecule has 0 aliphatic heterocycles. The van der Waals surface area contributed by atoms with E-state index in [0.29, 0.717) is 16.7 Å². The van der Waals surface area contributed by atoms with Crippen LogP contribution in [0.25, 0.3) is 10.8 Å². The average molecular weight is 386 g/mol. The van der Waals surface area contributed by atoms with Crippen LogP contribution in [0.1, 0.15) is 26.3 Å². The van der Waals surface area contributed by atoms with Gasteiger partial charge in [-0.3, -0.25) is 4.79 Å². The summed E-state index contributed by atoms with van der Waals surface area (Å²) < 4.78 is 0. The summed E-state index contributed by atoms with van der Waals surface area (Å²) in [5, 5.41) is 29.1. The molecule has 5 heteroatoms. The summed E-state index contributed by atoms with van der Waals surface area (Å²) in [6.07, 6.45) is 0. The smallest absolute Gasteiger partial charge is 0.335 e. The van der Waals surface area contributed by atoms with Crippen molar-refractivity contribution in [1.82, 2.24) is 0 Å². The van der Waals surface area contributed by atoms with E-state index in [-0.39, 0.29) is 17.3 Å². The molecule has 0 unspecified atom stereocenters. The number of aromatic hydroxyl groups is 2. The lowest BCUT2D eigenvalue weighted by Crippen LogP contribution is -2.01. The lowest BCUT2D eigenvalue weighted by atomic mass is 9.97. The minimum absolute atomic E-state index is 0.183. The summed E-state index contributed by atoms with van der Waals surface area (Å²) in [6, 6.07) is 25.6. The Morgan fingerprint density at radius 2 is 1.28 bits per heavy atom. The van der Waals surface area contributed by atoms with E-state index in [9.17, 15) is 19.8 Å². The first-order valence-corrected chi connectivity index (χ1v) is 8.80. The van der Waals surface area contributed by atoms with Gasteiger partial charge in [-0.1, -0.05) is 60.7 Å². The lowest BCUT2D eigenvalue weighted by Gasteiger charge is -2.06. The third kappa shape index (κ3) is 4.59. The SMILES string of the molecule is O=C(O)c1ccccc1.O=C(c1ccc(O)c(O)c1)c1cccc2ccccc12. The number of rotatable bonds is 3. The third-order valence-electron chi connectivity index (χ3n) is 4.29. The molecule has 0 fully saturated rings. The number of ketones is 1. The largest absolute Gasteiger partial charge is 0.504 e. The number of fused-ring (bicyclic) bond motifs is 1. The minimum atomic E-state index is -0.879. The fraction of sp³-hybridized carbons (Fsp3) is 0. The second kappa shape index (κ2) is 8.71. The maximum atomic E-state index is 12.5. The fourth-order valence-corrected chi connectivity index (χ4v) is 2.82. The topological polar surface area (TPSA) is 94.8 Å². The van der Waals surface area contributed by atoms with E-state index >= 15 is 0 Å². The van der Waals surface area contributed by atoms with Gasteiger partial charge in [-0.15, -0.1) is 0 Å². The number of phenols is 2. The van der Waals surface area contributed by atoms with E-state index in [4.69, 9.17) is 5.11 Å². The number of benzene rings is 4. The number of aromatic carboxylic acids is 1. The lowest BCUT2D eigenvalue weighted by molar-refractivity contribution is 0.0696. The van der Waals surface area contributed by atoms with Crippen LogP contribution in [0.2, 0.25) is 0 Å². The first-order valence-electron chi connectivity index (χ1n) is 8.80. The van der Waals surface area contributed by atoms with Crippen LogP contribution in [0.4, 0.5) is 0 Å². The molecule has 0 radical (unpaired) electrons. The first kappa shape index (κ1) is 19.6. The molecule has 29 heavy (non-hydrogen) atoms. The molecule has 0 aliphatic carbocycles. The van der Waals surface area contributed by atoms with Crippen molar-refractivity contribution >= 4 is 22.5 Å².